The summed E-state index contributed by atoms with van der Waals surface area (Å²) in [5.74, 6) is 1.65. The summed E-state index contributed by atoms with van der Waals surface area (Å²) in [4.78, 5) is 22.5. The van der Waals surface area contributed by atoms with Gasteiger partial charge in [0.1, 0.15) is 13.2 Å². The molecule has 0 radical (unpaired) electrons. The van der Waals surface area contributed by atoms with Crippen LogP contribution in [0.25, 0.3) is 0 Å². The summed E-state index contributed by atoms with van der Waals surface area (Å²) in [7, 11) is 0. The molecule has 132 valence electrons. The number of hydrogen-bond donors (Lipinski definition) is 2. The Morgan fingerprint density at radius 2 is 1.71 bits per heavy atom. The lowest BCUT2D eigenvalue weighted by atomic mass is 10.1. The van der Waals surface area contributed by atoms with Crippen molar-refractivity contribution in [3.63, 3.8) is 0 Å². The Morgan fingerprint density at radius 3 is 2.46 bits per heavy atom. The lowest BCUT2D eigenvalue weighted by Crippen LogP contribution is -2.26. The number of ether oxygens (including phenoxy) is 2. The molecule has 1 aromatic carbocycles. The predicted molar refractivity (Wildman–Crippen MR) is 91.3 cm³/mol. The van der Waals surface area contributed by atoms with Crippen LogP contribution in [0.4, 0.5) is 0 Å². The van der Waals surface area contributed by atoms with Crippen molar-refractivity contribution in [3.8, 4) is 11.5 Å². The molecule has 2 N–H and O–H groups in total. The number of hydrogen-bond acceptors (Lipinski definition) is 4. The first-order valence-electron chi connectivity index (χ1n) is 8.55. The number of aryl methyl sites for hydroxylation is 1. The third-order valence-electron chi connectivity index (χ3n) is 3.78. The average Bonchev–Trinajstić information content (AvgIpc) is 2.57. The molecular formula is C18H26N2O4. The molecule has 24 heavy (non-hydrogen) atoms. The van der Waals surface area contributed by atoms with Gasteiger partial charge in [-0.25, -0.2) is 0 Å². The lowest BCUT2D eigenvalue weighted by Gasteiger charge is -2.18. The normalized spacial score (nSPS) is 12.5. The highest BCUT2D eigenvalue weighted by atomic mass is 16.6. The van der Waals surface area contributed by atoms with E-state index in [-0.39, 0.29) is 11.8 Å². The number of benzene rings is 1. The highest BCUT2D eigenvalue weighted by Crippen LogP contribution is 2.31. The SMILES string of the molecule is CC(=O)NCCCCNC(=O)CCCc1ccc2c(c1)OCCO2. The Kier molecular flexibility index (Phi) is 7.39. The van der Waals surface area contributed by atoms with E-state index in [4.69, 9.17) is 9.47 Å². The highest BCUT2D eigenvalue weighted by Gasteiger charge is 2.11. The van der Waals surface area contributed by atoms with E-state index in [0.717, 1.165) is 42.7 Å². The van der Waals surface area contributed by atoms with Crippen LogP contribution in [0, 0.1) is 0 Å². The Morgan fingerprint density at radius 1 is 1.00 bits per heavy atom. The number of amides is 2. The van der Waals surface area contributed by atoms with E-state index in [1.807, 2.05) is 18.2 Å². The van der Waals surface area contributed by atoms with E-state index in [1.165, 1.54) is 6.92 Å². The molecule has 1 aliphatic rings. The maximum Gasteiger partial charge on any atom is 0.220 e. The number of nitrogens with one attached hydrogen (secondary N) is 2. The van der Waals surface area contributed by atoms with Crippen LogP contribution in [0.5, 0.6) is 11.5 Å². The summed E-state index contributed by atoms with van der Waals surface area (Å²) >= 11 is 0. The van der Waals surface area contributed by atoms with Gasteiger partial charge in [0.05, 0.1) is 0 Å². The number of carbonyl (C=O) groups is 2. The summed E-state index contributed by atoms with van der Waals surface area (Å²) in [5.41, 5.74) is 1.15. The van der Waals surface area contributed by atoms with Crippen molar-refractivity contribution < 1.29 is 19.1 Å². The van der Waals surface area contributed by atoms with Crippen LogP contribution in [0.3, 0.4) is 0 Å². The maximum absolute atomic E-state index is 11.8. The quantitative estimate of drug-likeness (QED) is 0.675. The van der Waals surface area contributed by atoms with Gasteiger partial charge in [0, 0.05) is 26.4 Å². The molecule has 0 aromatic heterocycles. The van der Waals surface area contributed by atoms with Gasteiger partial charge in [-0.15, -0.1) is 0 Å². The largest absolute Gasteiger partial charge is 0.486 e. The van der Waals surface area contributed by atoms with Crippen LogP contribution in [0.15, 0.2) is 18.2 Å². The van der Waals surface area contributed by atoms with Crippen LogP contribution in [0.1, 0.15) is 38.2 Å². The molecule has 0 bridgehead atoms. The van der Waals surface area contributed by atoms with Gasteiger partial charge in [0.2, 0.25) is 11.8 Å². The molecule has 0 saturated heterocycles. The van der Waals surface area contributed by atoms with Gasteiger partial charge < -0.3 is 20.1 Å². The minimum absolute atomic E-state index is 0.0156. The van der Waals surface area contributed by atoms with E-state index in [0.29, 0.717) is 32.7 Å². The molecule has 6 heteroatoms. The zero-order valence-electron chi connectivity index (χ0n) is 14.2. The fraction of sp³-hybridized carbons (Fsp3) is 0.556. The molecule has 2 amide bonds. The zero-order valence-corrected chi connectivity index (χ0v) is 14.2. The molecule has 6 nitrogen and oxygen atoms in total. The van der Waals surface area contributed by atoms with Gasteiger partial charge in [-0.1, -0.05) is 6.07 Å². The fourth-order valence-corrected chi connectivity index (χ4v) is 2.53. The zero-order chi connectivity index (χ0) is 17.2. The molecule has 0 unspecified atom stereocenters. The van der Waals surface area contributed by atoms with Crippen molar-refractivity contribution in [2.24, 2.45) is 0 Å². The van der Waals surface area contributed by atoms with E-state index < -0.39 is 0 Å². The molecule has 0 aliphatic carbocycles. The minimum Gasteiger partial charge on any atom is -0.486 e. The Labute approximate surface area is 142 Å². The Bertz CT molecular complexity index is 560. The molecular weight excluding hydrogens is 308 g/mol. The second kappa shape index (κ2) is 9.80. The molecule has 2 rings (SSSR count). The summed E-state index contributed by atoms with van der Waals surface area (Å²) in [6, 6.07) is 5.95. The highest BCUT2D eigenvalue weighted by molar-refractivity contribution is 5.75. The molecule has 1 heterocycles. The monoisotopic (exact) mass is 334 g/mol. The van der Waals surface area contributed by atoms with Crippen LogP contribution in [0.2, 0.25) is 0 Å². The smallest absolute Gasteiger partial charge is 0.220 e. The van der Waals surface area contributed by atoms with Crippen molar-refractivity contribution in [1.82, 2.24) is 10.6 Å². The molecule has 0 spiro atoms. The lowest BCUT2D eigenvalue weighted by molar-refractivity contribution is -0.121. The van der Waals surface area contributed by atoms with Crippen molar-refractivity contribution in [3.05, 3.63) is 23.8 Å². The first-order chi connectivity index (χ1) is 11.6. The van der Waals surface area contributed by atoms with Crippen molar-refractivity contribution >= 4 is 11.8 Å². The standard InChI is InChI=1S/C18H26N2O4/c1-14(21)19-9-2-3-10-20-18(22)6-4-5-15-7-8-16-17(13-15)24-12-11-23-16/h7-8,13H,2-6,9-12H2,1H3,(H,19,21)(H,20,22). The van der Waals surface area contributed by atoms with Gasteiger partial charge >= 0.3 is 0 Å². The summed E-state index contributed by atoms with van der Waals surface area (Å²) in [6.45, 7) is 4.00. The number of unbranched alkanes of at least 4 members (excludes halogenated alkanes) is 1. The molecule has 1 aromatic rings. The fourth-order valence-electron chi connectivity index (χ4n) is 2.53. The third-order valence-corrected chi connectivity index (χ3v) is 3.78. The average molecular weight is 334 g/mol. The first-order valence-corrected chi connectivity index (χ1v) is 8.55. The van der Waals surface area contributed by atoms with Gasteiger partial charge in [0.15, 0.2) is 11.5 Å². The summed E-state index contributed by atoms with van der Waals surface area (Å²) in [6.07, 6.45) is 3.90. The second-order valence-electron chi connectivity index (χ2n) is 5.87. The van der Waals surface area contributed by atoms with Crippen molar-refractivity contribution in [2.45, 2.75) is 39.0 Å². The molecule has 0 saturated carbocycles. The van der Waals surface area contributed by atoms with Crippen LogP contribution < -0.4 is 20.1 Å². The van der Waals surface area contributed by atoms with Crippen LogP contribution in [-0.4, -0.2) is 38.1 Å². The summed E-state index contributed by atoms with van der Waals surface area (Å²) < 4.78 is 11.1. The topological polar surface area (TPSA) is 76.7 Å². The van der Waals surface area contributed by atoms with E-state index >= 15 is 0 Å². The minimum atomic E-state index is -0.0156. The number of rotatable bonds is 9. The van der Waals surface area contributed by atoms with E-state index in [1.54, 1.807) is 0 Å². The Balaban J connectivity index is 1.56. The van der Waals surface area contributed by atoms with E-state index in [9.17, 15) is 9.59 Å². The molecule has 0 atom stereocenters. The summed E-state index contributed by atoms with van der Waals surface area (Å²) in [5, 5.41) is 5.65. The predicted octanol–water partition coefficient (Wildman–Crippen LogP) is 1.81. The molecule has 0 fully saturated rings. The van der Waals surface area contributed by atoms with Crippen LogP contribution in [-0.2, 0) is 16.0 Å². The van der Waals surface area contributed by atoms with Gasteiger partial charge in [-0.3, -0.25) is 9.59 Å². The van der Waals surface area contributed by atoms with Crippen molar-refractivity contribution in [2.75, 3.05) is 26.3 Å². The maximum atomic E-state index is 11.8. The van der Waals surface area contributed by atoms with Gasteiger partial charge in [-0.2, -0.15) is 0 Å². The van der Waals surface area contributed by atoms with Gasteiger partial charge in [0.25, 0.3) is 0 Å². The first kappa shape index (κ1) is 18.1. The Hall–Kier alpha value is -2.24. The molecule has 1 aliphatic heterocycles. The van der Waals surface area contributed by atoms with Crippen molar-refractivity contribution in [1.29, 1.82) is 0 Å². The number of fused-ring (bicyclic) bond motifs is 1. The second-order valence-corrected chi connectivity index (χ2v) is 5.87. The van der Waals surface area contributed by atoms with Gasteiger partial charge in [-0.05, 0) is 43.4 Å². The third kappa shape index (κ3) is 6.48. The van der Waals surface area contributed by atoms with Crippen LogP contribution >= 0.6 is 0 Å². The van der Waals surface area contributed by atoms with E-state index in [2.05, 4.69) is 10.6 Å². The number of carbonyl (C=O) groups excluding carboxylic acids is 2.